The summed E-state index contributed by atoms with van der Waals surface area (Å²) in [5.41, 5.74) is 0.661. The molecular weight excluding hydrogens is 236 g/mol. The van der Waals surface area contributed by atoms with E-state index in [0.29, 0.717) is 18.8 Å². The van der Waals surface area contributed by atoms with Crippen molar-refractivity contribution in [2.45, 2.75) is 0 Å². The molecule has 1 saturated heterocycles. The number of methoxy groups -OCH3 is 1. The van der Waals surface area contributed by atoms with Crippen LogP contribution in [0.1, 0.15) is 0 Å². The number of nitrogens with one attached hydrogen (secondary N) is 1. The Labute approximate surface area is 104 Å². The lowest BCUT2D eigenvalue weighted by atomic mass is 10.3. The molecule has 0 radical (unpaired) electrons. The molecule has 6 heteroatoms. The highest BCUT2D eigenvalue weighted by Crippen LogP contribution is 2.15. The molecule has 1 fully saturated rings. The van der Waals surface area contributed by atoms with Gasteiger partial charge in [-0.05, 0) is 24.3 Å². The Hall–Kier alpha value is -2.24. The molecule has 2 rings (SSSR count). The Kier molecular flexibility index (Phi) is 3.66. The molecule has 1 aliphatic heterocycles. The maximum absolute atomic E-state index is 11.7. The molecule has 1 aromatic rings. The first-order valence-corrected chi connectivity index (χ1v) is 5.54. The van der Waals surface area contributed by atoms with Crippen LogP contribution in [-0.2, 0) is 9.53 Å². The number of rotatable bonds is 4. The molecule has 0 saturated carbocycles. The predicted octanol–water partition coefficient (Wildman–Crippen LogP) is 1.09. The van der Waals surface area contributed by atoms with Crippen molar-refractivity contribution in [1.82, 2.24) is 4.90 Å². The van der Waals surface area contributed by atoms with Gasteiger partial charge in [-0.15, -0.1) is 0 Å². The molecule has 1 N–H and O–H groups in total. The largest absolute Gasteiger partial charge is 0.497 e. The van der Waals surface area contributed by atoms with Crippen molar-refractivity contribution in [3.8, 4) is 5.75 Å². The molecule has 6 nitrogen and oxygen atoms in total. The van der Waals surface area contributed by atoms with Crippen molar-refractivity contribution in [1.29, 1.82) is 0 Å². The van der Waals surface area contributed by atoms with Crippen molar-refractivity contribution in [3.05, 3.63) is 24.3 Å². The number of hydrogen-bond acceptors (Lipinski definition) is 4. The summed E-state index contributed by atoms with van der Waals surface area (Å²) in [5.74, 6) is 0.468. The van der Waals surface area contributed by atoms with Crippen LogP contribution in [0.4, 0.5) is 10.5 Å². The smallest absolute Gasteiger partial charge is 0.410 e. The van der Waals surface area contributed by atoms with E-state index >= 15 is 0 Å². The summed E-state index contributed by atoms with van der Waals surface area (Å²) in [6.45, 7) is 0.800. The Bertz CT molecular complexity index is 444. The Balaban J connectivity index is 1.88. The van der Waals surface area contributed by atoms with Gasteiger partial charge in [-0.25, -0.2) is 4.79 Å². The number of cyclic esters (lactones) is 1. The summed E-state index contributed by atoms with van der Waals surface area (Å²) in [5, 5.41) is 2.70. The van der Waals surface area contributed by atoms with E-state index in [9.17, 15) is 9.59 Å². The lowest BCUT2D eigenvalue weighted by Crippen LogP contribution is -2.33. The summed E-state index contributed by atoms with van der Waals surface area (Å²) in [6.07, 6.45) is -0.445. The van der Waals surface area contributed by atoms with E-state index in [1.165, 1.54) is 4.90 Å². The van der Waals surface area contributed by atoms with E-state index in [-0.39, 0.29) is 12.5 Å². The highest BCUT2D eigenvalue weighted by molar-refractivity contribution is 5.94. The first kappa shape index (κ1) is 12.2. The van der Waals surface area contributed by atoms with Gasteiger partial charge in [0.1, 0.15) is 18.9 Å². The molecule has 2 amide bonds. The Morgan fingerprint density at radius 2 is 2.17 bits per heavy atom. The molecule has 1 aromatic carbocycles. The molecule has 1 aliphatic rings. The van der Waals surface area contributed by atoms with Crippen LogP contribution in [0.15, 0.2) is 24.3 Å². The third kappa shape index (κ3) is 2.91. The normalized spacial score (nSPS) is 14.3. The number of carbonyl (C=O) groups is 2. The standard InChI is InChI=1S/C12H14N2O4/c1-17-10-4-2-9(3-5-10)13-11(15)8-14-6-7-18-12(14)16/h2-5H,6-8H2,1H3,(H,13,15). The minimum Gasteiger partial charge on any atom is -0.497 e. The number of nitrogens with zero attached hydrogens (tertiary/aromatic N) is 1. The SMILES string of the molecule is COc1ccc(NC(=O)CN2CCOC2=O)cc1. The molecule has 0 aliphatic carbocycles. The molecule has 1 heterocycles. The fraction of sp³-hybridized carbons (Fsp3) is 0.333. The van der Waals surface area contributed by atoms with Gasteiger partial charge in [0, 0.05) is 5.69 Å². The maximum Gasteiger partial charge on any atom is 0.410 e. The average molecular weight is 250 g/mol. The second kappa shape index (κ2) is 5.39. The van der Waals surface area contributed by atoms with E-state index in [4.69, 9.17) is 9.47 Å². The van der Waals surface area contributed by atoms with Crippen LogP contribution in [0.5, 0.6) is 5.75 Å². The fourth-order valence-electron chi connectivity index (χ4n) is 1.62. The summed E-state index contributed by atoms with van der Waals surface area (Å²) >= 11 is 0. The molecular formula is C12H14N2O4. The first-order chi connectivity index (χ1) is 8.69. The zero-order chi connectivity index (χ0) is 13.0. The minimum atomic E-state index is -0.445. The Morgan fingerprint density at radius 1 is 1.44 bits per heavy atom. The molecule has 0 aromatic heterocycles. The van der Waals surface area contributed by atoms with Crippen LogP contribution < -0.4 is 10.1 Å². The lowest BCUT2D eigenvalue weighted by molar-refractivity contribution is -0.116. The molecule has 96 valence electrons. The average Bonchev–Trinajstić information content (AvgIpc) is 2.76. The van der Waals surface area contributed by atoms with Crippen LogP contribution in [0, 0.1) is 0 Å². The third-order valence-electron chi connectivity index (χ3n) is 2.55. The van der Waals surface area contributed by atoms with Crippen molar-refractivity contribution in [3.63, 3.8) is 0 Å². The highest BCUT2D eigenvalue weighted by Gasteiger charge is 2.23. The van der Waals surface area contributed by atoms with Gasteiger partial charge in [0.05, 0.1) is 13.7 Å². The topological polar surface area (TPSA) is 67.9 Å². The van der Waals surface area contributed by atoms with Crippen LogP contribution in [0.2, 0.25) is 0 Å². The fourth-order valence-corrected chi connectivity index (χ4v) is 1.62. The van der Waals surface area contributed by atoms with Gasteiger partial charge >= 0.3 is 6.09 Å². The maximum atomic E-state index is 11.7. The molecule has 0 spiro atoms. The molecule has 0 unspecified atom stereocenters. The number of carbonyl (C=O) groups excluding carboxylic acids is 2. The van der Waals surface area contributed by atoms with E-state index in [2.05, 4.69) is 5.32 Å². The predicted molar refractivity (Wildman–Crippen MR) is 64.5 cm³/mol. The monoisotopic (exact) mass is 250 g/mol. The van der Waals surface area contributed by atoms with Crippen molar-refractivity contribution in [2.75, 3.05) is 32.1 Å². The minimum absolute atomic E-state index is 0.00482. The number of amides is 2. The van der Waals surface area contributed by atoms with Crippen molar-refractivity contribution >= 4 is 17.7 Å². The second-order valence-corrected chi connectivity index (χ2v) is 3.81. The molecule has 0 bridgehead atoms. The quantitative estimate of drug-likeness (QED) is 0.868. The number of hydrogen-bond donors (Lipinski definition) is 1. The van der Waals surface area contributed by atoms with Crippen LogP contribution >= 0.6 is 0 Å². The zero-order valence-corrected chi connectivity index (χ0v) is 10.0. The van der Waals surface area contributed by atoms with Crippen LogP contribution in [-0.4, -0.2) is 43.7 Å². The van der Waals surface area contributed by atoms with Crippen molar-refractivity contribution < 1.29 is 19.1 Å². The highest BCUT2D eigenvalue weighted by atomic mass is 16.6. The van der Waals surface area contributed by atoms with Crippen LogP contribution in [0.3, 0.4) is 0 Å². The van der Waals surface area contributed by atoms with Gasteiger partial charge in [0.25, 0.3) is 0 Å². The number of ether oxygens (including phenoxy) is 2. The zero-order valence-electron chi connectivity index (χ0n) is 10.0. The van der Waals surface area contributed by atoms with E-state index in [1.54, 1.807) is 31.4 Å². The summed E-state index contributed by atoms with van der Waals surface area (Å²) in [6, 6.07) is 6.97. The van der Waals surface area contributed by atoms with E-state index in [1.807, 2.05) is 0 Å². The van der Waals surface area contributed by atoms with Gasteiger partial charge in [0.2, 0.25) is 5.91 Å². The van der Waals surface area contributed by atoms with Gasteiger partial charge in [-0.3, -0.25) is 9.69 Å². The van der Waals surface area contributed by atoms with E-state index in [0.717, 1.165) is 5.75 Å². The number of benzene rings is 1. The van der Waals surface area contributed by atoms with Gasteiger partial charge < -0.3 is 14.8 Å². The lowest BCUT2D eigenvalue weighted by Gasteiger charge is -2.12. The summed E-state index contributed by atoms with van der Waals surface area (Å²) in [7, 11) is 1.58. The van der Waals surface area contributed by atoms with Gasteiger partial charge in [-0.2, -0.15) is 0 Å². The van der Waals surface area contributed by atoms with Crippen LogP contribution in [0.25, 0.3) is 0 Å². The Morgan fingerprint density at radius 3 is 2.72 bits per heavy atom. The van der Waals surface area contributed by atoms with Crippen molar-refractivity contribution in [2.24, 2.45) is 0 Å². The van der Waals surface area contributed by atoms with Gasteiger partial charge in [0.15, 0.2) is 0 Å². The summed E-state index contributed by atoms with van der Waals surface area (Å²) in [4.78, 5) is 24.2. The van der Waals surface area contributed by atoms with Gasteiger partial charge in [-0.1, -0.05) is 0 Å². The van der Waals surface area contributed by atoms with E-state index < -0.39 is 6.09 Å². The molecule has 0 atom stereocenters. The number of anilines is 1. The summed E-state index contributed by atoms with van der Waals surface area (Å²) < 4.78 is 9.75. The first-order valence-electron chi connectivity index (χ1n) is 5.54. The second-order valence-electron chi connectivity index (χ2n) is 3.81. The third-order valence-corrected chi connectivity index (χ3v) is 2.55. The molecule has 18 heavy (non-hydrogen) atoms.